The second-order valence-corrected chi connectivity index (χ2v) is 5.42. The molecule has 7 heteroatoms. The first-order valence-electron chi connectivity index (χ1n) is 7.21. The highest BCUT2D eigenvalue weighted by atomic mass is 16.6. The van der Waals surface area contributed by atoms with Crippen LogP contribution >= 0.6 is 0 Å². The minimum absolute atomic E-state index is 0.0279. The van der Waals surface area contributed by atoms with E-state index in [-0.39, 0.29) is 17.7 Å². The molecule has 2 aliphatic rings. The molecule has 1 N–H and O–H groups in total. The number of methoxy groups -OCH3 is 2. The predicted octanol–water partition coefficient (Wildman–Crippen LogP) is 0.784. The Balaban J connectivity index is 1.67. The lowest BCUT2D eigenvalue weighted by atomic mass is 9.89. The molecule has 1 aromatic heterocycles. The van der Waals surface area contributed by atoms with Gasteiger partial charge in [-0.2, -0.15) is 9.97 Å². The molecule has 2 aliphatic heterocycles. The van der Waals surface area contributed by atoms with Crippen LogP contribution in [0.1, 0.15) is 19.3 Å². The first-order valence-corrected chi connectivity index (χ1v) is 7.21. The molecule has 1 unspecified atom stereocenters. The van der Waals surface area contributed by atoms with E-state index in [1.165, 1.54) is 0 Å². The van der Waals surface area contributed by atoms with Crippen molar-refractivity contribution >= 4 is 0 Å². The van der Waals surface area contributed by atoms with E-state index in [4.69, 9.17) is 18.9 Å². The number of hydrogen-bond donors (Lipinski definition) is 1. The van der Waals surface area contributed by atoms with Crippen molar-refractivity contribution in [3.05, 3.63) is 6.07 Å². The molecule has 3 heterocycles. The van der Waals surface area contributed by atoms with Gasteiger partial charge in [-0.1, -0.05) is 0 Å². The smallest absolute Gasteiger partial charge is 0.323 e. The van der Waals surface area contributed by atoms with Crippen molar-refractivity contribution in [1.82, 2.24) is 15.3 Å². The lowest BCUT2D eigenvalue weighted by Crippen LogP contribution is -2.41. The fourth-order valence-corrected chi connectivity index (χ4v) is 2.90. The molecule has 0 amide bonds. The van der Waals surface area contributed by atoms with Gasteiger partial charge in [0.05, 0.1) is 32.5 Å². The highest BCUT2D eigenvalue weighted by Gasteiger charge is 2.42. The zero-order valence-electron chi connectivity index (χ0n) is 12.4. The Hall–Kier alpha value is -1.60. The van der Waals surface area contributed by atoms with Crippen molar-refractivity contribution < 1.29 is 18.9 Å². The summed E-state index contributed by atoms with van der Waals surface area (Å²) in [5, 5.41) is 3.35. The van der Waals surface area contributed by atoms with E-state index in [0.717, 1.165) is 32.4 Å². The van der Waals surface area contributed by atoms with Gasteiger partial charge in [-0.25, -0.2) is 0 Å². The maximum atomic E-state index is 6.00. The molecule has 21 heavy (non-hydrogen) atoms. The number of nitrogens with zero attached hydrogens (tertiary/aromatic N) is 2. The van der Waals surface area contributed by atoms with Crippen molar-refractivity contribution in [2.45, 2.75) is 31.0 Å². The number of aromatic nitrogens is 2. The minimum atomic E-state index is -0.0428. The van der Waals surface area contributed by atoms with Crippen molar-refractivity contribution in [2.24, 2.45) is 0 Å². The van der Waals surface area contributed by atoms with Crippen molar-refractivity contribution in [3.63, 3.8) is 0 Å². The molecule has 0 aliphatic carbocycles. The highest BCUT2D eigenvalue weighted by molar-refractivity contribution is 5.23. The molecule has 1 aromatic rings. The van der Waals surface area contributed by atoms with E-state index < -0.39 is 0 Å². The van der Waals surface area contributed by atoms with Gasteiger partial charge >= 0.3 is 6.01 Å². The molecule has 7 nitrogen and oxygen atoms in total. The predicted molar refractivity (Wildman–Crippen MR) is 75.0 cm³/mol. The zero-order chi connectivity index (χ0) is 14.7. The van der Waals surface area contributed by atoms with E-state index in [0.29, 0.717) is 18.4 Å². The summed E-state index contributed by atoms with van der Waals surface area (Å²) in [6, 6.07) is 1.89. The van der Waals surface area contributed by atoms with Gasteiger partial charge in [-0.15, -0.1) is 0 Å². The van der Waals surface area contributed by atoms with Gasteiger partial charge < -0.3 is 24.3 Å². The summed E-state index contributed by atoms with van der Waals surface area (Å²) >= 11 is 0. The van der Waals surface area contributed by atoms with Crippen molar-refractivity contribution in [1.29, 1.82) is 0 Å². The SMILES string of the molecule is COc1cc(OC)nc(OC2COC3(CCNCC3)C2)n1. The van der Waals surface area contributed by atoms with Gasteiger partial charge in [0.2, 0.25) is 11.8 Å². The molecule has 0 aromatic carbocycles. The molecule has 0 bridgehead atoms. The van der Waals surface area contributed by atoms with E-state index in [1.807, 2.05) is 0 Å². The molecule has 1 spiro atoms. The Morgan fingerprint density at radius 1 is 1.19 bits per heavy atom. The van der Waals surface area contributed by atoms with Crippen LogP contribution in [-0.4, -0.2) is 55.6 Å². The fourth-order valence-electron chi connectivity index (χ4n) is 2.90. The lowest BCUT2D eigenvalue weighted by molar-refractivity contribution is -0.0206. The standard InChI is InChI=1S/C14H21N3O4/c1-18-11-7-12(19-2)17-13(16-11)21-10-8-14(20-9-10)3-5-15-6-4-14/h7,10,15H,3-6,8-9H2,1-2H3. The molecular formula is C14H21N3O4. The van der Waals surface area contributed by atoms with Gasteiger partial charge in [0.25, 0.3) is 0 Å². The molecule has 116 valence electrons. The Kier molecular flexibility index (Phi) is 4.12. The van der Waals surface area contributed by atoms with Crippen LogP contribution in [0, 0.1) is 0 Å². The topological polar surface area (TPSA) is 74.7 Å². The second-order valence-electron chi connectivity index (χ2n) is 5.42. The zero-order valence-corrected chi connectivity index (χ0v) is 12.4. The normalized spacial score (nSPS) is 24.0. The maximum Gasteiger partial charge on any atom is 0.323 e. The maximum absolute atomic E-state index is 6.00. The number of hydrogen-bond acceptors (Lipinski definition) is 7. The largest absolute Gasteiger partial charge is 0.481 e. The van der Waals surface area contributed by atoms with Crippen LogP contribution in [0.4, 0.5) is 0 Å². The first kappa shape index (κ1) is 14.3. The lowest BCUT2D eigenvalue weighted by Gasteiger charge is -2.32. The van der Waals surface area contributed by atoms with Gasteiger partial charge in [0.1, 0.15) is 6.10 Å². The number of nitrogens with one attached hydrogen (secondary N) is 1. The summed E-state index contributed by atoms with van der Waals surface area (Å²) in [4.78, 5) is 8.39. The van der Waals surface area contributed by atoms with E-state index >= 15 is 0 Å². The van der Waals surface area contributed by atoms with Crippen LogP contribution in [0.2, 0.25) is 0 Å². The monoisotopic (exact) mass is 295 g/mol. The summed E-state index contributed by atoms with van der Waals surface area (Å²) in [7, 11) is 3.10. The van der Waals surface area contributed by atoms with Gasteiger partial charge in [-0.05, 0) is 25.9 Å². The third-order valence-electron chi connectivity index (χ3n) is 4.04. The third kappa shape index (κ3) is 3.19. The van der Waals surface area contributed by atoms with Crippen LogP contribution in [-0.2, 0) is 4.74 Å². The quantitative estimate of drug-likeness (QED) is 0.880. The molecule has 1 atom stereocenters. The van der Waals surface area contributed by atoms with E-state index in [9.17, 15) is 0 Å². The Labute approximate surface area is 124 Å². The van der Waals surface area contributed by atoms with Crippen LogP contribution in [0.5, 0.6) is 17.8 Å². The van der Waals surface area contributed by atoms with Gasteiger partial charge in [-0.3, -0.25) is 0 Å². The van der Waals surface area contributed by atoms with Gasteiger partial charge in [0, 0.05) is 6.42 Å². The summed E-state index contributed by atoms with van der Waals surface area (Å²) < 4.78 is 22.1. The number of piperidine rings is 1. The van der Waals surface area contributed by atoms with E-state index in [1.54, 1.807) is 20.3 Å². The molecular weight excluding hydrogens is 274 g/mol. The number of rotatable bonds is 4. The summed E-state index contributed by atoms with van der Waals surface area (Å²) in [5.41, 5.74) is -0.0428. The van der Waals surface area contributed by atoms with E-state index in [2.05, 4.69) is 15.3 Å². The van der Waals surface area contributed by atoms with Crippen molar-refractivity contribution in [2.75, 3.05) is 33.9 Å². The van der Waals surface area contributed by atoms with Gasteiger partial charge in [0.15, 0.2) is 0 Å². The molecule has 0 saturated carbocycles. The fraction of sp³-hybridized carbons (Fsp3) is 0.714. The molecule has 2 saturated heterocycles. The highest BCUT2D eigenvalue weighted by Crippen LogP contribution is 2.35. The summed E-state index contributed by atoms with van der Waals surface area (Å²) in [6.45, 7) is 2.56. The Morgan fingerprint density at radius 3 is 2.48 bits per heavy atom. The third-order valence-corrected chi connectivity index (χ3v) is 4.04. The minimum Gasteiger partial charge on any atom is -0.481 e. The Bertz CT molecular complexity index is 469. The summed E-state index contributed by atoms with van der Waals surface area (Å²) in [5.74, 6) is 0.847. The van der Waals surface area contributed by atoms with Crippen LogP contribution in [0.15, 0.2) is 6.07 Å². The van der Waals surface area contributed by atoms with Crippen LogP contribution in [0.25, 0.3) is 0 Å². The molecule has 2 fully saturated rings. The first-order chi connectivity index (χ1) is 10.2. The van der Waals surface area contributed by atoms with Crippen LogP contribution < -0.4 is 19.5 Å². The van der Waals surface area contributed by atoms with Crippen LogP contribution in [0.3, 0.4) is 0 Å². The molecule has 0 radical (unpaired) electrons. The Morgan fingerprint density at radius 2 is 1.86 bits per heavy atom. The average molecular weight is 295 g/mol. The van der Waals surface area contributed by atoms with Crippen molar-refractivity contribution in [3.8, 4) is 17.8 Å². The average Bonchev–Trinajstić information content (AvgIpc) is 2.89. The number of ether oxygens (including phenoxy) is 4. The second kappa shape index (κ2) is 6.03. The summed E-state index contributed by atoms with van der Waals surface area (Å²) in [6.07, 6.45) is 2.89. The molecule has 3 rings (SSSR count).